The molecule has 1 aliphatic heterocycles. The molecule has 18 heavy (non-hydrogen) atoms. The van der Waals surface area contributed by atoms with Crippen LogP contribution in [0.4, 0.5) is 5.69 Å². The van der Waals surface area contributed by atoms with Gasteiger partial charge in [0.2, 0.25) is 0 Å². The zero-order valence-corrected chi connectivity index (χ0v) is 10.7. The summed E-state index contributed by atoms with van der Waals surface area (Å²) in [5.41, 5.74) is 7.64. The molecule has 1 amide bonds. The van der Waals surface area contributed by atoms with Crippen molar-refractivity contribution in [3.05, 3.63) is 29.3 Å². The standard InChI is InChI=1S/C12H14N2O3S/c1-7-2-3-8(4-9(7)13)11(15)14-6-18-5-10(14)12(16)17/h2-4,10H,5-6,13H2,1H3,(H,16,17). The second-order valence-electron chi connectivity index (χ2n) is 4.20. The summed E-state index contributed by atoms with van der Waals surface area (Å²) in [5, 5.41) is 9.05. The largest absolute Gasteiger partial charge is 0.480 e. The summed E-state index contributed by atoms with van der Waals surface area (Å²) in [7, 11) is 0. The number of benzene rings is 1. The molecule has 6 heteroatoms. The number of carboxylic acids is 1. The Morgan fingerprint density at radius 3 is 2.83 bits per heavy atom. The van der Waals surface area contributed by atoms with Crippen LogP contribution in [0.5, 0.6) is 0 Å². The van der Waals surface area contributed by atoms with Crippen molar-refractivity contribution < 1.29 is 14.7 Å². The van der Waals surface area contributed by atoms with Crippen molar-refractivity contribution in [3.8, 4) is 0 Å². The molecule has 0 radical (unpaired) electrons. The normalized spacial score (nSPS) is 18.9. The Morgan fingerprint density at radius 1 is 1.50 bits per heavy atom. The molecule has 1 heterocycles. The Morgan fingerprint density at radius 2 is 2.22 bits per heavy atom. The van der Waals surface area contributed by atoms with Gasteiger partial charge in [-0.1, -0.05) is 6.07 Å². The zero-order valence-electron chi connectivity index (χ0n) is 9.92. The summed E-state index contributed by atoms with van der Waals surface area (Å²) < 4.78 is 0. The maximum Gasteiger partial charge on any atom is 0.327 e. The first-order valence-electron chi connectivity index (χ1n) is 5.48. The summed E-state index contributed by atoms with van der Waals surface area (Å²) in [6.07, 6.45) is 0. The molecule has 0 aliphatic carbocycles. The molecule has 0 aromatic heterocycles. The van der Waals surface area contributed by atoms with E-state index in [0.717, 1.165) is 5.56 Å². The highest BCUT2D eigenvalue weighted by Crippen LogP contribution is 2.24. The number of nitrogen functional groups attached to an aromatic ring is 1. The number of aliphatic carboxylic acids is 1. The molecule has 0 spiro atoms. The maximum absolute atomic E-state index is 12.2. The monoisotopic (exact) mass is 266 g/mol. The third-order valence-electron chi connectivity index (χ3n) is 2.95. The summed E-state index contributed by atoms with van der Waals surface area (Å²) in [5.74, 6) is -0.404. The number of carbonyl (C=O) groups is 2. The van der Waals surface area contributed by atoms with Crippen LogP contribution in [0.3, 0.4) is 0 Å². The van der Waals surface area contributed by atoms with E-state index in [1.54, 1.807) is 18.2 Å². The van der Waals surface area contributed by atoms with Crippen molar-refractivity contribution in [2.45, 2.75) is 13.0 Å². The van der Waals surface area contributed by atoms with Crippen molar-refractivity contribution in [2.24, 2.45) is 0 Å². The molecule has 96 valence electrons. The molecule has 1 aliphatic rings. The lowest BCUT2D eigenvalue weighted by atomic mass is 10.1. The third-order valence-corrected chi connectivity index (χ3v) is 3.97. The molecule has 1 aromatic carbocycles. The van der Waals surface area contributed by atoms with Gasteiger partial charge in [0.25, 0.3) is 5.91 Å². The van der Waals surface area contributed by atoms with Crippen LogP contribution in [0.2, 0.25) is 0 Å². The van der Waals surface area contributed by atoms with Gasteiger partial charge in [-0.25, -0.2) is 4.79 Å². The van der Waals surface area contributed by atoms with Gasteiger partial charge in [-0.05, 0) is 24.6 Å². The number of nitrogens with two attached hydrogens (primary N) is 1. The van der Waals surface area contributed by atoms with E-state index in [4.69, 9.17) is 10.8 Å². The first kappa shape index (κ1) is 12.8. The molecular formula is C12H14N2O3S. The first-order chi connectivity index (χ1) is 8.50. The summed E-state index contributed by atoms with van der Waals surface area (Å²) in [6, 6.07) is 4.29. The Kier molecular flexibility index (Phi) is 3.47. The molecule has 1 fully saturated rings. The molecule has 1 saturated heterocycles. The van der Waals surface area contributed by atoms with Gasteiger partial charge >= 0.3 is 5.97 Å². The van der Waals surface area contributed by atoms with Gasteiger partial charge in [-0.2, -0.15) is 0 Å². The highest BCUT2D eigenvalue weighted by atomic mass is 32.2. The number of thioether (sulfide) groups is 1. The van der Waals surface area contributed by atoms with Gasteiger partial charge in [0, 0.05) is 17.0 Å². The number of hydrogen-bond acceptors (Lipinski definition) is 4. The maximum atomic E-state index is 12.2. The molecule has 0 bridgehead atoms. The predicted octanol–water partition coefficient (Wildman–Crippen LogP) is 1.18. The Bertz CT molecular complexity index is 504. The quantitative estimate of drug-likeness (QED) is 0.785. The predicted molar refractivity (Wildman–Crippen MR) is 70.5 cm³/mol. The minimum absolute atomic E-state index is 0.279. The summed E-state index contributed by atoms with van der Waals surface area (Å²) in [6.45, 7) is 1.86. The van der Waals surface area contributed by atoms with Crippen LogP contribution in [0.25, 0.3) is 0 Å². The number of carbonyl (C=O) groups excluding carboxylic acids is 1. The van der Waals surface area contributed by atoms with Gasteiger partial charge in [-0.3, -0.25) is 4.79 Å². The van der Waals surface area contributed by atoms with Crippen molar-refractivity contribution in [1.29, 1.82) is 0 Å². The van der Waals surface area contributed by atoms with Crippen LogP contribution in [-0.4, -0.2) is 39.6 Å². The highest BCUT2D eigenvalue weighted by Gasteiger charge is 2.34. The fourth-order valence-electron chi connectivity index (χ4n) is 1.79. The van der Waals surface area contributed by atoms with E-state index < -0.39 is 12.0 Å². The topological polar surface area (TPSA) is 83.6 Å². The lowest BCUT2D eigenvalue weighted by Gasteiger charge is -2.20. The van der Waals surface area contributed by atoms with Crippen molar-refractivity contribution in [1.82, 2.24) is 4.90 Å². The van der Waals surface area contributed by atoms with Gasteiger partial charge in [0.05, 0.1) is 5.88 Å². The number of nitrogens with zero attached hydrogens (tertiary/aromatic N) is 1. The highest BCUT2D eigenvalue weighted by molar-refractivity contribution is 7.99. The van der Waals surface area contributed by atoms with E-state index in [-0.39, 0.29) is 5.91 Å². The average Bonchev–Trinajstić information content (AvgIpc) is 2.81. The Labute approximate surface area is 109 Å². The Hall–Kier alpha value is -1.69. The molecule has 1 atom stereocenters. The zero-order chi connectivity index (χ0) is 13.3. The van der Waals surface area contributed by atoms with Crippen LogP contribution in [0.15, 0.2) is 18.2 Å². The van der Waals surface area contributed by atoms with Crippen molar-refractivity contribution >= 4 is 29.3 Å². The minimum Gasteiger partial charge on any atom is -0.480 e. The Balaban J connectivity index is 2.25. The number of carboxylic acid groups (broad SMARTS) is 1. The van der Waals surface area contributed by atoms with E-state index >= 15 is 0 Å². The van der Waals surface area contributed by atoms with Gasteiger partial charge < -0.3 is 15.7 Å². The molecule has 1 unspecified atom stereocenters. The van der Waals surface area contributed by atoms with E-state index in [0.29, 0.717) is 22.9 Å². The van der Waals surface area contributed by atoms with Crippen LogP contribution in [0, 0.1) is 6.92 Å². The van der Waals surface area contributed by atoms with Crippen molar-refractivity contribution in [2.75, 3.05) is 17.4 Å². The number of amides is 1. The van der Waals surface area contributed by atoms with Crippen LogP contribution < -0.4 is 5.73 Å². The van der Waals surface area contributed by atoms with E-state index in [1.165, 1.54) is 16.7 Å². The fourth-order valence-corrected chi connectivity index (χ4v) is 2.93. The molecule has 0 saturated carbocycles. The van der Waals surface area contributed by atoms with E-state index in [9.17, 15) is 9.59 Å². The fraction of sp³-hybridized carbons (Fsp3) is 0.333. The van der Waals surface area contributed by atoms with Crippen LogP contribution >= 0.6 is 11.8 Å². The molecule has 2 rings (SSSR count). The lowest BCUT2D eigenvalue weighted by Crippen LogP contribution is -2.41. The molecule has 1 aromatic rings. The van der Waals surface area contributed by atoms with Gasteiger partial charge in [-0.15, -0.1) is 11.8 Å². The molecule has 3 N–H and O–H groups in total. The van der Waals surface area contributed by atoms with Crippen LogP contribution in [-0.2, 0) is 4.79 Å². The van der Waals surface area contributed by atoms with Crippen LogP contribution in [0.1, 0.15) is 15.9 Å². The average molecular weight is 266 g/mol. The SMILES string of the molecule is Cc1ccc(C(=O)N2CSCC2C(=O)O)cc1N. The number of aryl methyl sites for hydroxylation is 1. The first-order valence-corrected chi connectivity index (χ1v) is 6.64. The van der Waals surface area contributed by atoms with Gasteiger partial charge in [0.15, 0.2) is 0 Å². The lowest BCUT2D eigenvalue weighted by molar-refractivity contribution is -0.140. The number of hydrogen-bond donors (Lipinski definition) is 2. The molecule has 5 nitrogen and oxygen atoms in total. The van der Waals surface area contributed by atoms with E-state index in [2.05, 4.69) is 0 Å². The number of anilines is 1. The minimum atomic E-state index is -0.964. The second-order valence-corrected chi connectivity index (χ2v) is 5.20. The second kappa shape index (κ2) is 4.89. The number of rotatable bonds is 2. The summed E-state index contributed by atoms with van der Waals surface area (Å²) >= 11 is 1.44. The van der Waals surface area contributed by atoms with E-state index in [1.807, 2.05) is 6.92 Å². The smallest absolute Gasteiger partial charge is 0.327 e. The van der Waals surface area contributed by atoms with Gasteiger partial charge in [0.1, 0.15) is 6.04 Å². The third kappa shape index (κ3) is 2.28. The van der Waals surface area contributed by atoms with Crippen molar-refractivity contribution in [3.63, 3.8) is 0 Å². The summed E-state index contributed by atoms with van der Waals surface area (Å²) in [4.78, 5) is 24.6. The molecular weight excluding hydrogens is 252 g/mol.